The van der Waals surface area contributed by atoms with Crippen molar-refractivity contribution in [1.29, 1.82) is 0 Å². The normalized spacial score (nSPS) is 14.1. The number of nitrogens with zero attached hydrogens (tertiary/aromatic N) is 5. The molecular formula is C23H26BrClN6O3. The van der Waals surface area contributed by atoms with Gasteiger partial charge in [-0.1, -0.05) is 11.6 Å². The first-order chi connectivity index (χ1) is 16.0. The first-order valence-electron chi connectivity index (χ1n) is 10.7. The number of hydrogen-bond acceptors (Lipinski definition) is 7. The van der Waals surface area contributed by atoms with E-state index >= 15 is 0 Å². The van der Waals surface area contributed by atoms with Gasteiger partial charge in [0, 0.05) is 37.8 Å². The summed E-state index contributed by atoms with van der Waals surface area (Å²) >= 11 is 9.94. The van der Waals surface area contributed by atoms with Crippen LogP contribution in [0.15, 0.2) is 35.3 Å². The van der Waals surface area contributed by atoms with E-state index in [-0.39, 0.29) is 18.6 Å². The highest BCUT2D eigenvalue weighted by Gasteiger charge is 2.35. The van der Waals surface area contributed by atoms with Crippen molar-refractivity contribution in [3.8, 4) is 17.0 Å². The van der Waals surface area contributed by atoms with Gasteiger partial charge in [-0.05, 0) is 54.4 Å². The van der Waals surface area contributed by atoms with E-state index in [1.807, 2.05) is 46.1 Å². The highest BCUT2D eigenvalue weighted by atomic mass is 79.9. The van der Waals surface area contributed by atoms with Crippen LogP contribution in [-0.4, -0.2) is 49.4 Å². The molecule has 1 fully saturated rings. The van der Waals surface area contributed by atoms with Crippen molar-refractivity contribution in [2.45, 2.75) is 38.9 Å². The SMILES string of the molecule is Cn1cc(-c2ncnc(Cl)c2COc2c(N)cc(C3CN(C(=O)OC(C)(C)C)C3)cc2Br)cn1. The lowest BCUT2D eigenvalue weighted by molar-refractivity contribution is 0.00819. The molecule has 0 spiro atoms. The van der Waals surface area contributed by atoms with E-state index in [1.165, 1.54) is 6.33 Å². The molecular weight excluding hydrogens is 524 g/mol. The summed E-state index contributed by atoms with van der Waals surface area (Å²) in [6, 6.07) is 3.84. The Kier molecular flexibility index (Phi) is 6.73. The summed E-state index contributed by atoms with van der Waals surface area (Å²) in [6.45, 7) is 6.84. The van der Waals surface area contributed by atoms with E-state index in [0.29, 0.717) is 45.4 Å². The maximum Gasteiger partial charge on any atom is 0.410 e. The third-order valence-corrected chi connectivity index (χ3v) is 6.25. The molecule has 0 radical (unpaired) electrons. The van der Waals surface area contributed by atoms with Crippen LogP contribution in [0.25, 0.3) is 11.3 Å². The highest BCUT2D eigenvalue weighted by Crippen LogP contribution is 2.39. The molecule has 2 aromatic heterocycles. The maximum atomic E-state index is 12.2. The molecule has 0 atom stereocenters. The fourth-order valence-electron chi connectivity index (χ4n) is 3.64. The van der Waals surface area contributed by atoms with Crippen LogP contribution in [-0.2, 0) is 18.4 Å². The van der Waals surface area contributed by atoms with Gasteiger partial charge in [-0.15, -0.1) is 0 Å². The molecule has 9 nitrogen and oxygen atoms in total. The predicted molar refractivity (Wildman–Crippen MR) is 133 cm³/mol. The lowest BCUT2D eigenvalue weighted by atomic mass is 9.91. The number of anilines is 1. The predicted octanol–water partition coefficient (Wildman–Crippen LogP) is 4.79. The van der Waals surface area contributed by atoms with Crippen LogP contribution in [0.2, 0.25) is 5.15 Å². The number of aromatic nitrogens is 4. The fourth-order valence-corrected chi connectivity index (χ4v) is 4.44. The fraction of sp³-hybridized carbons (Fsp3) is 0.391. The van der Waals surface area contributed by atoms with Crippen LogP contribution in [0.5, 0.6) is 5.75 Å². The lowest BCUT2D eigenvalue weighted by Crippen LogP contribution is -2.50. The third kappa shape index (κ3) is 5.28. The van der Waals surface area contributed by atoms with Gasteiger partial charge >= 0.3 is 6.09 Å². The first kappa shape index (κ1) is 24.3. The Balaban J connectivity index is 1.46. The molecule has 4 rings (SSSR count). The smallest absolute Gasteiger partial charge is 0.410 e. The second-order valence-corrected chi connectivity index (χ2v) is 10.4. The minimum absolute atomic E-state index is 0.127. The number of nitrogen functional groups attached to an aromatic ring is 1. The van der Waals surface area contributed by atoms with Gasteiger partial charge in [-0.2, -0.15) is 5.10 Å². The number of halogens is 2. The van der Waals surface area contributed by atoms with Crippen LogP contribution >= 0.6 is 27.5 Å². The summed E-state index contributed by atoms with van der Waals surface area (Å²) in [7, 11) is 1.83. The number of aryl methyl sites for hydroxylation is 1. The summed E-state index contributed by atoms with van der Waals surface area (Å²) in [4.78, 5) is 22.3. The van der Waals surface area contributed by atoms with Gasteiger partial charge in [0.2, 0.25) is 0 Å². The molecule has 0 saturated carbocycles. The number of nitrogens with two attached hydrogens (primary N) is 1. The third-order valence-electron chi connectivity index (χ3n) is 5.33. The van der Waals surface area contributed by atoms with E-state index < -0.39 is 5.60 Å². The quantitative estimate of drug-likeness (QED) is 0.360. The molecule has 34 heavy (non-hydrogen) atoms. The molecule has 3 heterocycles. The van der Waals surface area contributed by atoms with Gasteiger partial charge < -0.3 is 20.1 Å². The van der Waals surface area contributed by atoms with Gasteiger partial charge in [-0.25, -0.2) is 14.8 Å². The van der Waals surface area contributed by atoms with E-state index in [1.54, 1.807) is 15.8 Å². The number of amides is 1. The van der Waals surface area contributed by atoms with E-state index in [4.69, 9.17) is 26.8 Å². The molecule has 3 aromatic rings. The Morgan fingerprint density at radius 2 is 2.03 bits per heavy atom. The second-order valence-electron chi connectivity index (χ2n) is 9.19. The molecule has 2 N–H and O–H groups in total. The number of benzene rings is 1. The molecule has 1 aromatic carbocycles. The number of carbonyl (C=O) groups excluding carboxylic acids is 1. The van der Waals surface area contributed by atoms with Crippen molar-refractivity contribution >= 4 is 39.3 Å². The molecule has 11 heteroatoms. The van der Waals surface area contributed by atoms with E-state index in [9.17, 15) is 4.79 Å². The zero-order valence-electron chi connectivity index (χ0n) is 19.4. The molecule has 1 saturated heterocycles. The average molecular weight is 550 g/mol. The highest BCUT2D eigenvalue weighted by molar-refractivity contribution is 9.10. The minimum atomic E-state index is -0.516. The van der Waals surface area contributed by atoms with Crippen molar-refractivity contribution < 1.29 is 14.3 Å². The molecule has 0 bridgehead atoms. The van der Waals surface area contributed by atoms with Gasteiger partial charge in [-0.3, -0.25) is 4.68 Å². The number of hydrogen-bond donors (Lipinski definition) is 1. The Hall–Kier alpha value is -2.85. The zero-order chi connectivity index (χ0) is 24.6. The largest absolute Gasteiger partial charge is 0.485 e. The molecule has 1 aliphatic rings. The lowest BCUT2D eigenvalue weighted by Gasteiger charge is -2.40. The van der Waals surface area contributed by atoms with Crippen molar-refractivity contribution in [2.24, 2.45) is 7.05 Å². The Morgan fingerprint density at radius 1 is 1.29 bits per heavy atom. The van der Waals surface area contributed by atoms with Crippen LogP contribution in [0.3, 0.4) is 0 Å². The van der Waals surface area contributed by atoms with Gasteiger partial charge in [0.15, 0.2) is 5.75 Å². The summed E-state index contributed by atoms with van der Waals surface area (Å²) in [5, 5.41) is 4.50. The number of carbonyl (C=O) groups is 1. The number of ether oxygens (including phenoxy) is 2. The Bertz CT molecular complexity index is 1200. The van der Waals surface area contributed by atoms with Crippen LogP contribution in [0.4, 0.5) is 10.5 Å². The Labute approximate surface area is 211 Å². The summed E-state index contributed by atoms with van der Waals surface area (Å²) in [6.07, 6.45) is 4.66. The van der Waals surface area contributed by atoms with E-state index in [0.717, 1.165) is 11.1 Å². The monoisotopic (exact) mass is 548 g/mol. The summed E-state index contributed by atoms with van der Waals surface area (Å²) in [5.74, 6) is 0.679. The van der Waals surface area contributed by atoms with Gasteiger partial charge in [0.25, 0.3) is 0 Å². The molecule has 180 valence electrons. The maximum absolute atomic E-state index is 12.2. The first-order valence-corrected chi connectivity index (χ1v) is 11.9. The zero-order valence-corrected chi connectivity index (χ0v) is 21.7. The number of likely N-dealkylation sites (tertiary alicyclic amines) is 1. The Morgan fingerprint density at radius 3 is 2.65 bits per heavy atom. The van der Waals surface area contributed by atoms with Crippen molar-refractivity contribution in [3.63, 3.8) is 0 Å². The standard InChI is InChI=1S/C23H26BrClN6O3/c1-23(2,3)34-22(32)31-9-15(10-31)13-5-17(24)20(18(26)6-13)33-11-16-19(27-12-28-21(16)25)14-7-29-30(4)8-14/h5-8,12,15H,9-11,26H2,1-4H3. The van der Waals surface area contributed by atoms with Crippen LogP contribution in [0, 0.1) is 0 Å². The summed E-state index contributed by atoms with van der Waals surface area (Å²) < 4.78 is 13.9. The van der Waals surface area contributed by atoms with Crippen molar-refractivity contribution in [3.05, 3.63) is 51.6 Å². The molecule has 0 unspecified atom stereocenters. The van der Waals surface area contributed by atoms with Gasteiger partial charge in [0.1, 0.15) is 23.7 Å². The minimum Gasteiger partial charge on any atom is -0.485 e. The van der Waals surface area contributed by atoms with Crippen molar-refractivity contribution in [1.82, 2.24) is 24.6 Å². The van der Waals surface area contributed by atoms with Crippen LogP contribution < -0.4 is 10.5 Å². The summed E-state index contributed by atoms with van der Waals surface area (Å²) in [5.41, 5.74) is 9.42. The molecule has 1 aliphatic heterocycles. The average Bonchev–Trinajstić information content (AvgIpc) is 3.12. The van der Waals surface area contributed by atoms with Crippen molar-refractivity contribution in [2.75, 3.05) is 18.8 Å². The second kappa shape index (κ2) is 9.42. The van der Waals surface area contributed by atoms with Crippen LogP contribution in [0.1, 0.15) is 37.8 Å². The topological polar surface area (TPSA) is 108 Å². The van der Waals surface area contributed by atoms with Gasteiger partial charge in [0.05, 0.1) is 27.6 Å². The van der Waals surface area contributed by atoms with E-state index in [2.05, 4.69) is 31.0 Å². The molecule has 0 aliphatic carbocycles. The molecule has 1 amide bonds. The number of rotatable bonds is 5.